The van der Waals surface area contributed by atoms with Gasteiger partial charge in [-0.2, -0.15) is 5.10 Å². The molecule has 2 rings (SSSR count). The van der Waals surface area contributed by atoms with Crippen molar-refractivity contribution in [2.75, 3.05) is 5.32 Å². The molecule has 0 aliphatic heterocycles. The van der Waals surface area contributed by atoms with E-state index in [1.165, 1.54) is 11.3 Å². The van der Waals surface area contributed by atoms with E-state index < -0.39 is 0 Å². The average Bonchev–Trinajstić information content (AvgIpc) is 2.79. The van der Waals surface area contributed by atoms with Gasteiger partial charge < -0.3 is 5.32 Å². The molecule has 90 valence electrons. The van der Waals surface area contributed by atoms with E-state index in [0.717, 1.165) is 26.8 Å². The zero-order valence-electron chi connectivity index (χ0n) is 10.4. The van der Waals surface area contributed by atoms with Crippen LogP contribution in [0.15, 0.2) is 12.1 Å². The van der Waals surface area contributed by atoms with Gasteiger partial charge >= 0.3 is 0 Å². The third-order valence-electron chi connectivity index (χ3n) is 2.71. The van der Waals surface area contributed by atoms with Crippen LogP contribution in [-0.2, 0) is 7.05 Å². The largest absolute Gasteiger partial charge is 0.318 e. The summed E-state index contributed by atoms with van der Waals surface area (Å²) in [5.74, 6) is -0.0673. The van der Waals surface area contributed by atoms with Crippen LogP contribution in [0.3, 0.4) is 0 Å². The normalized spacial score (nSPS) is 10.6. The lowest BCUT2D eigenvalue weighted by atomic mass is 10.3. The number of carbonyl (C=O) groups excluding carboxylic acids is 1. The molecular weight excluding hydrogens is 234 g/mol. The number of aryl methyl sites for hydroxylation is 3. The lowest BCUT2D eigenvalue weighted by Crippen LogP contribution is -2.11. The van der Waals surface area contributed by atoms with Crippen LogP contribution < -0.4 is 5.32 Å². The van der Waals surface area contributed by atoms with Gasteiger partial charge in [-0.3, -0.25) is 9.48 Å². The summed E-state index contributed by atoms with van der Waals surface area (Å²) in [4.78, 5) is 13.9. The van der Waals surface area contributed by atoms with E-state index in [4.69, 9.17) is 0 Å². The highest BCUT2D eigenvalue weighted by Crippen LogP contribution is 2.21. The summed E-state index contributed by atoms with van der Waals surface area (Å²) in [5.41, 5.74) is 2.61. The number of aromatic nitrogens is 2. The van der Waals surface area contributed by atoms with Crippen LogP contribution in [0.25, 0.3) is 0 Å². The van der Waals surface area contributed by atoms with Crippen molar-refractivity contribution in [3.8, 4) is 0 Å². The molecule has 0 saturated carbocycles. The maximum Gasteiger partial charge on any atom is 0.265 e. The summed E-state index contributed by atoms with van der Waals surface area (Å²) in [7, 11) is 1.87. The van der Waals surface area contributed by atoms with E-state index in [2.05, 4.69) is 10.4 Å². The van der Waals surface area contributed by atoms with E-state index in [-0.39, 0.29) is 5.91 Å². The van der Waals surface area contributed by atoms with Crippen molar-refractivity contribution in [2.45, 2.75) is 20.8 Å². The zero-order valence-corrected chi connectivity index (χ0v) is 11.2. The molecule has 4 nitrogen and oxygen atoms in total. The van der Waals surface area contributed by atoms with Crippen molar-refractivity contribution >= 4 is 22.9 Å². The first-order chi connectivity index (χ1) is 7.99. The molecule has 2 aromatic heterocycles. The van der Waals surface area contributed by atoms with Gasteiger partial charge in [0, 0.05) is 11.9 Å². The molecular formula is C12H15N3OS. The quantitative estimate of drug-likeness (QED) is 0.889. The molecule has 1 N–H and O–H groups in total. The first-order valence-corrected chi connectivity index (χ1v) is 6.18. The van der Waals surface area contributed by atoms with Crippen LogP contribution in [-0.4, -0.2) is 15.7 Å². The van der Waals surface area contributed by atoms with Crippen LogP contribution in [0.4, 0.5) is 5.69 Å². The molecule has 0 aliphatic rings. The summed E-state index contributed by atoms with van der Waals surface area (Å²) in [6, 6.07) is 3.79. The first-order valence-electron chi connectivity index (χ1n) is 5.37. The fraction of sp³-hybridized carbons (Fsp3) is 0.333. The number of hydrogen-bond acceptors (Lipinski definition) is 3. The van der Waals surface area contributed by atoms with Crippen molar-refractivity contribution in [1.82, 2.24) is 9.78 Å². The minimum atomic E-state index is -0.0673. The molecule has 2 aromatic rings. The molecule has 0 bridgehead atoms. The molecule has 1 amide bonds. The Balaban J connectivity index is 2.24. The van der Waals surface area contributed by atoms with Gasteiger partial charge in [0.1, 0.15) is 0 Å². The molecule has 0 fully saturated rings. The summed E-state index contributed by atoms with van der Waals surface area (Å²) >= 11 is 1.49. The number of hydrogen-bond donors (Lipinski definition) is 1. The van der Waals surface area contributed by atoms with Crippen LogP contribution in [0.5, 0.6) is 0 Å². The molecule has 0 saturated heterocycles. The van der Waals surface area contributed by atoms with Crippen molar-refractivity contribution in [3.63, 3.8) is 0 Å². The number of carbonyl (C=O) groups is 1. The van der Waals surface area contributed by atoms with E-state index in [9.17, 15) is 4.79 Å². The van der Waals surface area contributed by atoms with E-state index in [1.807, 2.05) is 40.0 Å². The van der Waals surface area contributed by atoms with Crippen LogP contribution >= 0.6 is 11.3 Å². The highest BCUT2D eigenvalue weighted by atomic mass is 32.1. The number of thiophene rings is 1. The number of amides is 1. The summed E-state index contributed by atoms with van der Waals surface area (Å²) < 4.78 is 1.77. The highest BCUT2D eigenvalue weighted by molar-refractivity contribution is 7.14. The molecule has 0 aliphatic carbocycles. The highest BCUT2D eigenvalue weighted by Gasteiger charge is 2.14. The smallest absolute Gasteiger partial charge is 0.265 e. The van der Waals surface area contributed by atoms with Gasteiger partial charge in [-0.05, 0) is 32.9 Å². The molecule has 0 radical (unpaired) electrons. The van der Waals surface area contributed by atoms with Crippen molar-refractivity contribution in [1.29, 1.82) is 0 Å². The number of anilines is 1. The summed E-state index contributed by atoms with van der Waals surface area (Å²) in [6.45, 7) is 5.82. The Hall–Kier alpha value is -1.62. The first kappa shape index (κ1) is 11.9. The van der Waals surface area contributed by atoms with Crippen molar-refractivity contribution < 1.29 is 4.79 Å². The Labute approximate surface area is 104 Å². The summed E-state index contributed by atoms with van der Waals surface area (Å²) in [5, 5.41) is 7.18. The number of nitrogens with one attached hydrogen (secondary N) is 1. The van der Waals surface area contributed by atoms with Crippen molar-refractivity contribution in [2.24, 2.45) is 7.05 Å². The Morgan fingerprint density at radius 2 is 2.06 bits per heavy atom. The van der Waals surface area contributed by atoms with E-state index >= 15 is 0 Å². The van der Waals surface area contributed by atoms with Crippen molar-refractivity contribution in [3.05, 3.63) is 33.3 Å². The van der Waals surface area contributed by atoms with Gasteiger partial charge in [0.2, 0.25) is 0 Å². The monoisotopic (exact) mass is 249 g/mol. The standard InChI is InChI=1S/C12H15N3OS/c1-7-5-6-10(17-7)12(16)13-11-8(2)14-15(4)9(11)3/h5-6H,1-4H3,(H,13,16). The lowest BCUT2D eigenvalue weighted by molar-refractivity contribution is 0.103. The topological polar surface area (TPSA) is 46.9 Å². The second-order valence-electron chi connectivity index (χ2n) is 4.03. The molecule has 0 spiro atoms. The van der Waals surface area contributed by atoms with Gasteiger partial charge in [-0.1, -0.05) is 0 Å². The van der Waals surface area contributed by atoms with Gasteiger partial charge in [0.15, 0.2) is 0 Å². The predicted octanol–water partition coefficient (Wildman–Crippen LogP) is 2.66. The molecule has 0 unspecified atom stereocenters. The van der Waals surface area contributed by atoms with Gasteiger partial charge in [0.25, 0.3) is 5.91 Å². The Bertz CT molecular complexity index is 568. The third kappa shape index (κ3) is 2.24. The van der Waals surface area contributed by atoms with Gasteiger partial charge in [-0.15, -0.1) is 11.3 Å². The molecule has 17 heavy (non-hydrogen) atoms. The van der Waals surface area contributed by atoms with Crippen LogP contribution in [0.1, 0.15) is 25.9 Å². The van der Waals surface area contributed by atoms with Gasteiger partial charge in [0.05, 0.1) is 22.0 Å². The second-order valence-corrected chi connectivity index (χ2v) is 5.32. The average molecular weight is 249 g/mol. The number of nitrogens with zero attached hydrogens (tertiary/aromatic N) is 2. The molecule has 0 aromatic carbocycles. The lowest BCUT2D eigenvalue weighted by Gasteiger charge is -2.03. The Morgan fingerprint density at radius 1 is 1.35 bits per heavy atom. The minimum absolute atomic E-state index is 0.0673. The molecule has 5 heteroatoms. The van der Waals surface area contributed by atoms with Crippen LogP contribution in [0, 0.1) is 20.8 Å². The predicted molar refractivity (Wildman–Crippen MR) is 69.7 cm³/mol. The second kappa shape index (κ2) is 4.33. The fourth-order valence-electron chi connectivity index (χ4n) is 1.69. The zero-order chi connectivity index (χ0) is 12.6. The van der Waals surface area contributed by atoms with Gasteiger partial charge in [-0.25, -0.2) is 0 Å². The minimum Gasteiger partial charge on any atom is -0.318 e. The maximum absolute atomic E-state index is 12.0. The maximum atomic E-state index is 12.0. The molecule has 0 atom stereocenters. The van der Waals surface area contributed by atoms with E-state index in [0.29, 0.717) is 0 Å². The SMILES string of the molecule is Cc1ccc(C(=O)Nc2c(C)nn(C)c2C)s1. The van der Waals surface area contributed by atoms with E-state index in [1.54, 1.807) is 4.68 Å². The summed E-state index contributed by atoms with van der Waals surface area (Å²) in [6.07, 6.45) is 0. The fourth-order valence-corrected chi connectivity index (χ4v) is 2.45. The Morgan fingerprint density at radius 3 is 2.53 bits per heavy atom. The Kier molecular flexibility index (Phi) is 3.02. The van der Waals surface area contributed by atoms with Crippen LogP contribution in [0.2, 0.25) is 0 Å². The third-order valence-corrected chi connectivity index (χ3v) is 3.71. The molecule has 2 heterocycles. The number of rotatable bonds is 2.